The van der Waals surface area contributed by atoms with Crippen LogP contribution in [0, 0.1) is 5.92 Å². The van der Waals surface area contributed by atoms with Gasteiger partial charge < -0.3 is 19.7 Å². The van der Waals surface area contributed by atoms with E-state index in [9.17, 15) is 4.79 Å². The molecule has 3 rings (SSSR count). The number of ether oxygens (including phenoxy) is 2. The van der Waals surface area contributed by atoms with E-state index < -0.39 is 0 Å². The summed E-state index contributed by atoms with van der Waals surface area (Å²) in [6, 6.07) is 8.50. The third-order valence-electron chi connectivity index (χ3n) is 4.31. The highest BCUT2D eigenvalue weighted by Crippen LogP contribution is 2.35. The molecule has 2 heterocycles. The van der Waals surface area contributed by atoms with E-state index in [1.807, 2.05) is 6.07 Å². The van der Waals surface area contributed by atoms with Crippen molar-refractivity contribution < 1.29 is 14.3 Å². The second kappa shape index (κ2) is 6.45. The lowest BCUT2D eigenvalue weighted by Gasteiger charge is -2.45. The number of hydrogen-bond donors (Lipinski definition) is 1. The lowest BCUT2D eigenvalue weighted by molar-refractivity contribution is -0.127. The van der Waals surface area contributed by atoms with Crippen molar-refractivity contribution in [3.05, 3.63) is 29.8 Å². The molecule has 0 aliphatic carbocycles. The summed E-state index contributed by atoms with van der Waals surface area (Å²) in [4.78, 5) is 14.8. The minimum atomic E-state index is -0.0583. The number of nitrogens with zero attached hydrogens (tertiary/aromatic N) is 1. The van der Waals surface area contributed by atoms with E-state index in [0.29, 0.717) is 19.8 Å². The molecule has 0 saturated carbocycles. The summed E-state index contributed by atoms with van der Waals surface area (Å²) in [5.41, 5.74) is 2.51. The van der Waals surface area contributed by atoms with Gasteiger partial charge in [-0.05, 0) is 18.1 Å². The number of para-hydroxylation sites is 1. The van der Waals surface area contributed by atoms with E-state index in [4.69, 9.17) is 9.47 Å². The molecule has 0 unspecified atom stereocenters. The zero-order valence-electron chi connectivity index (χ0n) is 12.4. The molecular weight excluding hydrogens is 268 g/mol. The maximum Gasteiger partial charge on any atom is 0.225 e. The minimum Gasteiger partial charge on any atom is -0.383 e. The van der Waals surface area contributed by atoms with Gasteiger partial charge in [0.1, 0.15) is 0 Å². The Hall–Kier alpha value is -1.59. The number of rotatable bonds is 4. The van der Waals surface area contributed by atoms with Crippen LogP contribution < -0.4 is 10.2 Å². The molecule has 0 bridgehead atoms. The summed E-state index contributed by atoms with van der Waals surface area (Å²) in [5, 5.41) is 2.97. The van der Waals surface area contributed by atoms with Gasteiger partial charge in [0.2, 0.25) is 5.91 Å². The average molecular weight is 290 g/mol. The molecule has 1 aromatic rings. The monoisotopic (exact) mass is 290 g/mol. The van der Waals surface area contributed by atoms with E-state index in [-0.39, 0.29) is 17.9 Å². The zero-order chi connectivity index (χ0) is 14.7. The van der Waals surface area contributed by atoms with Crippen LogP contribution in [0.5, 0.6) is 0 Å². The molecule has 1 fully saturated rings. The summed E-state index contributed by atoms with van der Waals surface area (Å²) in [7, 11) is 1.64. The SMILES string of the molecule is COCCNC(=O)[C@@H]1Cc2ccccc2N2CCOC[C@H]12. The molecule has 1 N–H and O–H groups in total. The molecule has 114 valence electrons. The van der Waals surface area contributed by atoms with E-state index in [1.54, 1.807) is 7.11 Å². The number of hydrogen-bond acceptors (Lipinski definition) is 4. The maximum atomic E-state index is 12.5. The van der Waals surface area contributed by atoms with Gasteiger partial charge >= 0.3 is 0 Å². The van der Waals surface area contributed by atoms with Gasteiger partial charge in [-0.15, -0.1) is 0 Å². The second-order valence-corrected chi connectivity index (χ2v) is 5.56. The van der Waals surface area contributed by atoms with E-state index in [0.717, 1.165) is 19.6 Å². The quantitative estimate of drug-likeness (QED) is 0.835. The van der Waals surface area contributed by atoms with Crippen molar-refractivity contribution in [3.63, 3.8) is 0 Å². The highest BCUT2D eigenvalue weighted by Gasteiger charge is 2.39. The Morgan fingerprint density at radius 3 is 3.19 bits per heavy atom. The molecule has 1 saturated heterocycles. The van der Waals surface area contributed by atoms with Gasteiger partial charge in [0.15, 0.2) is 0 Å². The summed E-state index contributed by atoms with van der Waals surface area (Å²) >= 11 is 0. The predicted octanol–water partition coefficient (Wildman–Crippen LogP) is 0.827. The number of morpholine rings is 1. The number of methoxy groups -OCH3 is 1. The molecule has 2 aliphatic rings. The van der Waals surface area contributed by atoms with Crippen molar-refractivity contribution in [1.29, 1.82) is 0 Å². The predicted molar refractivity (Wildman–Crippen MR) is 80.5 cm³/mol. The number of fused-ring (bicyclic) bond motifs is 3. The van der Waals surface area contributed by atoms with Crippen LogP contribution in [0.1, 0.15) is 5.56 Å². The molecule has 0 aromatic heterocycles. The fourth-order valence-corrected chi connectivity index (χ4v) is 3.27. The summed E-state index contributed by atoms with van der Waals surface area (Å²) in [6.45, 7) is 3.30. The van der Waals surface area contributed by atoms with Gasteiger partial charge in [0, 0.05) is 25.9 Å². The number of carbonyl (C=O) groups is 1. The van der Waals surface area contributed by atoms with Gasteiger partial charge in [-0.25, -0.2) is 0 Å². The first-order valence-corrected chi connectivity index (χ1v) is 7.50. The van der Waals surface area contributed by atoms with Crippen molar-refractivity contribution in [3.8, 4) is 0 Å². The molecule has 5 heteroatoms. The molecule has 2 aliphatic heterocycles. The number of carbonyl (C=O) groups excluding carboxylic acids is 1. The number of nitrogens with one attached hydrogen (secondary N) is 1. The zero-order valence-corrected chi connectivity index (χ0v) is 12.4. The summed E-state index contributed by atoms with van der Waals surface area (Å²) in [6.07, 6.45) is 0.777. The molecule has 1 amide bonds. The molecule has 2 atom stereocenters. The smallest absolute Gasteiger partial charge is 0.225 e. The standard InChI is InChI=1S/C16H22N2O3/c1-20-8-6-17-16(19)13-10-12-4-2-3-5-14(12)18-7-9-21-11-15(13)18/h2-5,13,15H,6-11H2,1H3,(H,17,19)/t13-,15-/m1/s1. The van der Waals surface area contributed by atoms with Gasteiger partial charge in [-0.3, -0.25) is 4.79 Å². The van der Waals surface area contributed by atoms with Crippen molar-refractivity contribution in [2.75, 3.05) is 44.9 Å². The average Bonchev–Trinajstić information content (AvgIpc) is 2.54. The van der Waals surface area contributed by atoms with Crippen LogP contribution in [0.2, 0.25) is 0 Å². The lowest BCUT2D eigenvalue weighted by atomic mass is 9.84. The van der Waals surface area contributed by atoms with Gasteiger partial charge in [0.05, 0.1) is 31.8 Å². The third-order valence-corrected chi connectivity index (χ3v) is 4.31. The lowest BCUT2D eigenvalue weighted by Crippen LogP contribution is -2.56. The third kappa shape index (κ3) is 2.89. The van der Waals surface area contributed by atoms with E-state index in [2.05, 4.69) is 28.4 Å². The number of anilines is 1. The first-order chi connectivity index (χ1) is 10.3. The largest absolute Gasteiger partial charge is 0.383 e. The van der Waals surface area contributed by atoms with E-state index >= 15 is 0 Å². The molecule has 0 spiro atoms. The van der Waals surface area contributed by atoms with Gasteiger partial charge in [-0.1, -0.05) is 18.2 Å². The Bertz CT molecular complexity index is 506. The maximum absolute atomic E-state index is 12.5. The number of benzene rings is 1. The van der Waals surface area contributed by atoms with Gasteiger partial charge in [-0.2, -0.15) is 0 Å². The molecule has 0 radical (unpaired) electrons. The van der Waals surface area contributed by atoms with Crippen LogP contribution in [0.3, 0.4) is 0 Å². The van der Waals surface area contributed by atoms with Crippen LogP contribution in [0.4, 0.5) is 5.69 Å². The Kier molecular flexibility index (Phi) is 4.41. The highest BCUT2D eigenvalue weighted by atomic mass is 16.5. The summed E-state index contributed by atoms with van der Waals surface area (Å²) < 4.78 is 10.6. The molecule has 5 nitrogen and oxygen atoms in total. The topological polar surface area (TPSA) is 50.8 Å². The van der Waals surface area contributed by atoms with Crippen molar-refractivity contribution in [2.45, 2.75) is 12.5 Å². The van der Waals surface area contributed by atoms with Crippen LogP contribution >= 0.6 is 0 Å². The van der Waals surface area contributed by atoms with Crippen molar-refractivity contribution >= 4 is 11.6 Å². The minimum absolute atomic E-state index is 0.0583. The Morgan fingerprint density at radius 1 is 1.48 bits per heavy atom. The molecule has 1 aromatic carbocycles. The van der Waals surface area contributed by atoms with Gasteiger partial charge in [0.25, 0.3) is 0 Å². The van der Waals surface area contributed by atoms with Crippen molar-refractivity contribution in [1.82, 2.24) is 5.32 Å². The van der Waals surface area contributed by atoms with Crippen LogP contribution in [-0.2, 0) is 20.7 Å². The van der Waals surface area contributed by atoms with Crippen LogP contribution in [-0.4, -0.2) is 52.0 Å². The second-order valence-electron chi connectivity index (χ2n) is 5.56. The molecular formula is C16H22N2O3. The Morgan fingerprint density at radius 2 is 2.33 bits per heavy atom. The summed E-state index contributed by atoms with van der Waals surface area (Å²) in [5.74, 6) is 0.0408. The van der Waals surface area contributed by atoms with E-state index in [1.165, 1.54) is 11.3 Å². The Labute approximate surface area is 125 Å². The fourth-order valence-electron chi connectivity index (χ4n) is 3.27. The highest BCUT2D eigenvalue weighted by molar-refractivity contribution is 5.82. The van der Waals surface area contributed by atoms with Crippen LogP contribution in [0.25, 0.3) is 0 Å². The number of amides is 1. The normalized spacial score (nSPS) is 24.1. The van der Waals surface area contributed by atoms with Crippen molar-refractivity contribution in [2.24, 2.45) is 5.92 Å². The first kappa shape index (κ1) is 14.4. The Balaban J connectivity index is 1.80. The van der Waals surface area contributed by atoms with Crippen LogP contribution in [0.15, 0.2) is 24.3 Å². The fraction of sp³-hybridized carbons (Fsp3) is 0.562. The molecule has 21 heavy (non-hydrogen) atoms. The first-order valence-electron chi connectivity index (χ1n) is 7.50.